The summed E-state index contributed by atoms with van der Waals surface area (Å²) in [7, 11) is -2.66. The Morgan fingerprint density at radius 1 is 1.41 bits per heavy atom. The minimum absolute atomic E-state index is 0.0119. The number of fused-ring (bicyclic) bond motifs is 1. The predicted molar refractivity (Wildman–Crippen MR) is 79.5 cm³/mol. The summed E-state index contributed by atoms with van der Waals surface area (Å²) < 4.78 is 25.0. The SMILES string of the molecule is CN1C(O)=C(C(=O)Nc2cnccn2)c2sccc2S1(=O)=O. The molecule has 10 heteroatoms. The molecule has 0 bridgehead atoms. The van der Waals surface area contributed by atoms with E-state index in [1.807, 2.05) is 0 Å². The van der Waals surface area contributed by atoms with Crippen molar-refractivity contribution in [2.75, 3.05) is 12.4 Å². The fourth-order valence-electron chi connectivity index (χ4n) is 1.95. The highest BCUT2D eigenvalue weighted by molar-refractivity contribution is 7.89. The third kappa shape index (κ3) is 2.12. The normalized spacial score (nSPS) is 16.3. The molecule has 1 aliphatic heterocycles. The summed E-state index contributed by atoms with van der Waals surface area (Å²) in [6, 6.07) is 1.40. The van der Waals surface area contributed by atoms with Gasteiger partial charge in [-0.2, -0.15) is 0 Å². The quantitative estimate of drug-likeness (QED) is 0.846. The van der Waals surface area contributed by atoms with Crippen LogP contribution in [0.25, 0.3) is 5.57 Å². The van der Waals surface area contributed by atoms with Crippen LogP contribution < -0.4 is 5.32 Å². The smallest absolute Gasteiger partial charge is 0.267 e. The van der Waals surface area contributed by atoms with Crippen LogP contribution in [0.3, 0.4) is 0 Å². The highest BCUT2D eigenvalue weighted by Gasteiger charge is 2.38. The molecule has 0 aromatic carbocycles. The van der Waals surface area contributed by atoms with Crippen molar-refractivity contribution in [1.29, 1.82) is 0 Å². The lowest BCUT2D eigenvalue weighted by Gasteiger charge is -2.25. The van der Waals surface area contributed by atoms with Gasteiger partial charge < -0.3 is 10.4 Å². The minimum atomic E-state index is -3.84. The summed E-state index contributed by atoms with van der Waals surface area (Å²) in [5.41, 5.74) is -0.118. The number of hydrogen-bond acceptors (Lipinski definition) is 7. The van der Waals surface area contributed by atoms with E-state index < -0.39 is 21.8 Å². The Morgan fingerprint density at radius 3 is 2.86 bits per heavy atom. The molecule has 3 rings (SSSR count). The van der Waals surface area contributed by atoms with Crippen molar-refractivity contribution < 1.29 is 18.3 Å². The Bertz CT molecular complexity index is 874. The molecule has 8 nitrogen and oxygen atoms in total. The summed E-state index contributed by atoms with van der Waals surface area (Å²) >= 11 is 1.06. The molecular weight excluding hydrogens is 328 g/mol. The average molecular weight is 338 g/mol. The molecule has 0 saturated carbocycles. The number of anilines is 1. The van der Waals surface area contributed by atoms with Gasteiger partial charge in [-0.05, 0) is 11.4 Å². The lowest BCUT2D eigenvalue weighted by atomic mass is 10.2. The number of aliphatic hydroxyl groups excluding tert-OH is 1. The Kier molecular flexibility index (Phi) is 3.34. The van der Waals surface area contributed by atoms with E-state index in [1.54, 1.807) is 5.38 Å². The van der Waals surface area contributed by atoms with Gasteiger partial charge in [-0.25, -0.2) is 17.7 Å². The predicted octanol–water partition coefficient (Wildman–Crippen LogP) is 1.04. The zero-order valence-electron chi connectivity index (χ0n) is 11.2. The van der Waals surface area contributed by atoms with Crippen molar-refractivity contribution >= 4 is 38.7 Å². The number of rotatable bonds is 2. The van der Waals surface area contributed by atoms with Crippen LogP contribution in [0.2, 0.25) is 0 Å². The maximum Gasteiger partial charge on any atom is 0.267 e. The number of nitrogens with one attached hydrogen (secondary N) is 1. The number of carbonyl (C=O) groups is 1. The number of thiophene rings is 1. The average Bonchev–Trinajstić information content (AvgIpc) is 2.96. The first-order chi connectivity index (χ1) is 10.4. The van der Waals surface area contributed by atoms with Crippen LogP contribution >= 0.6 is 11.3 Å². The molecule has 114 valence electrons. The van der Waals surface area contributed by atoms with Gasteiger partial charge in [-0.15, -0.1) is 11.3 Å². The maximum atomic E-state index is 12.4. The monoisotopic (exact) mass is 338 g/mol. The molecule has 0 atom stereocenters. The van der Waals surface area contributed by atoms with Crippen molar-refractivity contribution in [3.05, 3.63) is 40.8 Å². The zero-order chi connectivity index (χ0) is 15.9. The van der Waals surface area contributed by atoms with Gasteiger partial charge in [0, 0.05) is 19.4 Å². The van der Waals surface area contributed by atoms with Crippen LogP contribution in [0, 0.1) is 0 Å². The molecule has 2 aromatic heterocycles. The maximum absolute atomic E-state index is 12.4. The van der Waals surface area contributed by atoms with Crippen molar-refractivity contribution in [2.24, 2.45) is 0 Å². The molecule has 22 heavy (non-hydrogen) atoms. The molecule has 0 saturated heterocycles. The Hall–Kier alpha value is -2.46. The molecule has 2 aromatic rings. The third-order valence-corrected chi connectivity index (χ3v) is 5.90. The largest absolute Gasteiger partial charge is 0.493 e. The summed E-state index contributed by atoms with van der Waals surface area (Å²) in [5, 5.41) is 14.1. The second-order valence-electron chi connectivity index (χ2n) is 4.33. The molecule has 0 unspecified atom stereocenters. The van der Waals surface area contributed by atoms with Crippen LogP contribution in [0.4, 0.5) is 5.82 Å². The van der Waals surface area contributed by atoms with E-state index in [0.29, 0.717) is 4.31 Å². The number of carbonyl (C=O) groups excluding carboxylic acids is 1. The number of amides is 1. The summed E-state index contributed by atoms with van der Waals surface area (Å²) in [4.78, 5) is 20.3. The van der Waals surface area contributed by atoms with Crippen LogP contribution in [0.1, 0.15) is 4.88 Å². The number of aliphatic hydroxyl groups is 1. The van der Waals surface area contributed by atoms with Crippen molar-refractivity contribution in [1.82, 2.24) is 14.3 Å². The molecule has 0 fully saturated rings. The van der Waals surface area contributed by atoms with Gasteiger partial charge in [-0.3, -0.25) is 9.78 Å². The Labute approximate surface area is 129 Å². The van der Waals surface area contributed by atoms with Crippen LogP contribution in [0.5, 0.6) is 0 Å². The van der Waals surface area contributed by atoms with E-state index in [4.69, 9.17) is 0 Å². The standard InChI is InChI=1S/C12H10N4O4S2/c1-16-12(18)9(10-7(2-5-21-10)22(16,19)20)11(17)15-8-6-13-3-4-14-8/h2-6,18H,1H3,(H,14,15,17). The Balaban J connectivity index is 2.07. The van der Waals surface area contributed by atoms with Crippen molar-refractivity contribution in [2.45, 2.75) is 4.90 Å². The van der Waals surface area contributed by atoms with Crippen LogP contribution in [0.15, 0.2) is 40.8 Å². The molecule has 1 amide bonds. The fourth-order valence-corrected chi connectivity index (χ4v) is 4.51. The van der Waals surface area contributed by atoms with E-state index in [0.717, 1.165) is 11.3 Å². The van der Waals surface area contributed by atoms with Crippen LogP contribution in [-0.4, -0.2) is 40.8 Å². The molecule has 3 heterocycles. The summed E-state index contributed by atoms with van der Waals surface area (Å²) in [6.45, 7) is 0. The first kappa shape index (κ1) is 14.5. The number of nitrogens with zero attached hydrogens (tertiary/aromatic N) is 3. The fraction of sp³-hybridized carbons (Fsp3) is 0.0833. The van der Waals surface area contributed by atoms with E-state index >= 15 is 0 Å². The topological polar surface area (TPSA) is 112 Å². The first-order valence-electron chi connectivity index (χ1n) is 6.00. The van der Waals surface area contributed by atoms with Gasteiger partial charge in [0.25, 0.3) is 15.9 Å². The molecule has 1 aliphatic rings. The Morgan fingerprint density at radius 2 is 2.18 bits per heavy atom. The molecule has 0 radical (unpaired) electrons. The highest BCUT2D eigenvalue weighted by Crippen LogP contribution is 2.38. The van der Waals surface area contributed by atoms with Crippen molar-refractivity contribution in [3.8, 4) is 0 Å². The second-order valence-corrected chi connectivity index (χ2v) is 7.18. The highest BCUT2D eigenvalue weighted by atomic mass is 32.2. The van der Waals surface area contributed by atoms with Gasteiger partial charge >= 0.3 is 0 Å². The third-order valence-electron chi connectivity index (χ3n) is 3.05. The first-order valence-corrected chi connectivity index (χ1v) is 8.32. The lowest BCUT2D eigenvalue weighted by molar-refractivity contribution is -0.111. The molecular formula is C12H10N4O4S2. The van der Waals surface area contributed by atoms with E-state index in [1.165, 1.54) is 31.7 Å². The van der Waals surface area contributed by atoms with Gasteiger partial charge in [0.1, 0.15) is 10.5 Å². The van der Waals surface area contributed by atoms with E-state index in [9.17, 15) is 18.3 Å². The minimum Gasteiger partial charge on any atom is -0.493 e. The lowest BCUT2D eigenvalue weighted by Crippen LogP contribution is -2.33. The van der Waals surface area contributed by atoms with Gasteiger partial charge in [0.2, 0.25) is 5.88 Å². The van der Waals surface area contributed by atoms with Crippen molar-refractivity contribution in [3.63, 3.8) is 0 Å². The number of hydrogen-bond donors (Lipinski definition) is 2. The van der Waals surface area contributed by atoms with Crippen LogP contribution in [-0.2, 0) is 14.8 Å². The van der Waals surface area contributed by atoms with E-state index in [2.05, 4.69) is 15.3 Å². The summed E-state index contributed by atoms with van der Waals surface area (Å²) in [6.07, 6.45) is 4.19. The summed E-state index contributed by atoms with van der Waals surface area (Å²) in [5.74, 6) is -1.10. The van der Waals surface area contributed by atoms with Gasteiger partial charge in [0.15, 0.2) is 5.82 Å². The number of sulfonamides is 1. The van der Waals surface area contributed by atoms with E-state index in [-0.39, 0.29) is 21.2 Å². The number of aromatic nitrogens is 2. The van der Waals surface area contributed by atoms with Gasteiger partial charge in [0.05, 0.1) is 11.1 Å². The molecule has 0 aliphatic carbocycles. The zero-order valence-corrected chi connectivity index (χ0v) is 12.8. The molecule has 0 spiro atoms. The second kappa shape index (κ2) is 5.07. The molecule has 2 N–H and O–H groups in total. The van der Waals surface area contributed by atoms with Gasteiger partial charge in [-0.1, -0.05) is 0 Å².